The van der Waals surface area contributed by atoms with Gasteiger partial charge >= 0.3 is 5.97 Å². The lowest BCUT2D eigenvalue weighted by Crippen LogP contribution is -2.25. The zero-order chi connectivity index (χ0) is 23.8. The minimum atomic E-state index is -3.04. The fourth-order valence-electron chi connectivity index (χ4n) is 3.96. The molecular weight excluding hydrogens is 458 g/mol. The predicted molar refractivity (Wildman–Crippen MR) is 137 cm³/mol. The van der Waals surface area contributed by atoms with E-state index in [4.69, 9.17) is 9.47 Å². The van der Waals surface area contributed by atoms with Crippen LogP contribution < -0.4 is 9.64 Å². The summed E-state index contributed by atoms with van der Waals surface area (Å²) in [4.78, 5) is 15.1. The van der Waals surface area contributed by atoms with Crippen LogP contribution in [0.4, 0.5) is 11.4 Å². The van der Waals surface area contributed by atoms with Crippen molar-refractivity contribution in [1.29, 1.82) is 0 Å². The smallest absolute Gasteiger partial charge is 0.333 e. The fraction of sp³-hybridized carbons (Fsp3) is 0.400. The van der Waals surface area contributed by atoms with Crippen LogP contribution in [0.1, 0.15) is 33.1 Å². The molecule has 1 unspecified atom stereocenters. The molecule has 0 aromatic heterocycles. The van der Waals surface area contributed by atoms with Gasteiger partial charge in [0.1, 0.15) is 5.75 Å². The van der Waals surface area contributed by atoms with Crippen LogP contribution in [0.2, 0.25) is 0 Å². The van der Waals surface area contributed by atoms with E-state index < -0.39 is 16.6 Å². The van der Waals surface area contributed by atoms with Crippen molar-refractivity contribution in [2.24, 2.45) is 5.92 Å². The van der Waals surface area contributed by atoms with Gasteiger partial charge in [-0.1, -0.05) is 38.0 Å². The Morgan fingerprint density at radius 1 is 1.24 bits per heavy atom. The van der Waals surface area contributed by atoms with E-state index in [1.165, 1.54) is 24.1 Å². The first-order valence-electron chi connectivity index (χ1n) is 11.2. The van der Waals surface area contributed by atoms with Gasteiger partial charge in [0.25, 0.3) is 0 Å². The Labute approximate surface area is 202 Å². The van der Waals surface area contributed by atoms with Crippen molar-refractivity contribution >= 4 is 39.7 Å². The van der Waals surface area contributed by atoms with Crippen LogP contribution in [0, 0.1) is 5.92 Å². The van der Waals surface area contributed by atoms with Crippen LogP contribution in [0.15, 0.2) is 64.6 Å². The van der Waals surface area contributed by atoms with Crippen molar-refractivity contribution in [3.05, 3.63) is 54.8 Å². The standard InChI is InChI=1S/C25H33NO5S2/c1-4-6-10-19-17-26(20-11-8-7-9-12-20)21-15-23(32-3)22(16-24(21)33(28,29)18-19)31-14-13-25(27)30-5-2/h7-9,11-16,19,28-29H,4-6,10,17-18H2,1-3H3/b14-13+. The third kappa shape index (κ3) is 6.47. The van der Waals surface area contributed by atoms with Crippen molar-refractivity contribution in [2.45, 2.75) is 42.9 Å². The number of rotatable bonds is 9. The highest BCUT2D eigenvalue weighted by Crippen LogP contribution is 2.58. The molecule has 0 fully saturated rings. The Balaban J connectivity index is 2.06. The molecule has 1 aliphatic heterocycles. The number of para-hydroxylation sites is 1. The molecule has 0 saturated heterocycles. The lowest BCUT2D eigenvalue weighted by atomic mass is 10.0. The largest absolute Gasteiger partial charge is 0.463 e. The second-order valence-electron chi connectivity index (χ2n) is 7.93. The molecule has 1 heterocycles. The maximum absolute atomic E-state index is 11.6. The lowest BCUT2D eigenvalue weighted by molar-refractivity contribution is -0.137. The van der Waals surface area contributed by atoms with Gasteiger partial charge in [-0.2, -0.15) is 10.6 Å². The van der Waals surface area contributed by atoms with Crippen LogP contribution in [0.5, 0.6) is 5.75 Å². The maximum Gasteiger partial charge on any atom is 0.333 e. The van der Waals surface area contributed by atoms with E-state index in [0.29, 0.717) is 22.9 Å². The molecular formula is C25H33NO5S2. The number of carbonyl (C=O) groups excluding carboxylic acids is 1. The number of thioether (sulfide) groups is 1. The Morgan fingerprint density at radius 3 is 2.67 bits per heavy atom. The van der Waals surface area contributed by atoms with Crippen molar-refractivity contribution in [1.82, 2.24) is 0 Å². The summed E-state index contributed by atoms with van der Waals surface area (Å²) >= 11 is 1.50. The third-order valence-corrected chi connectivity index (χ3v) is 8.24. The molecule has 8 heteroatoms. The number of esters is 1. The van der Waals surface area contributed by atoms with Crippen LogP contribution >= 0.6 is 22.4 Å². The summed E-state index contributed by atoms with van der Waals surface area (Å²) < 4.78 is 33.2. The summed E-state index contributed by atoms with van der Waals surface area (Å²) in [5, 5.41) is 0. The normalized spacial score (nSPS) is 18.5. The van der Waals surface area contributed by atoms with E-state index in [2.05, 4.69) is 11.8 Å². The van der Waals surface area contributed by atoms with Gasteiger partial charge in [0, 0.05) is 24.1 Å². The number of ether oxygens (including phenoxy) is 2. The highest BCUT2D eigenvalue weighted by molar-refractivity contribution is 8.24. The summed E-state index contributed by atoms with van der Waals surface area (Å²) in [6.07, 6.45) is 7.48. The van der Waals surface area contributed by atoms with Gasteiger partial charge < -0.3 is 14.4 Å². The van der Waals surface area contributed by atoms with Gasteiger partial charge in [0.05, 0.1) is 34.4 Å². The van der Waals surface area contributed by atoms with Gasteiger partial charge in [0.2, 0.25) is 0 Å². The Bertz CT molecular complexity index is 965. The summed E-state index contributed by atoms with van der Waals surface area (Å²) in [5.74, 6) is 0.450. The van der Waals surface area contributed by atoms with Crippen molar-refractivity contribution < 1.29 is 23.4 Å². The molecule has 0 bridgehead atoms. The molecule has 0 aliphatic carbocycles. The number of anilines is 2. The van der Waals surface area contributed by atoms with E-state index in [-0.39, 0.29) is 12.5 Å². The number of hydrogen-bond acceptors (Lipinski definition) is 7. The number of hydrogen-bond donors (Lipinski definition) is 2. The highest BCUT2D eigenvalue weighted by Gasteiger charge is 2.33. The summed E-state index contributed by atoms with van der Waals surface area (Å²) in [6.45, 7) is 4.88. The SMILES string of the molecule is CCCCC1CN(c2ccccc2)c2cc(SC)c(O/C=C/C(=O)OCC)cc2S(O)(O)C1. The molecule has 0 radical (unpaired) electrons. The molecule has 0 spiro atoms. The lowest BCUT2D eigenvalue weighted by Gasteiger charge is -2.34. The Morgan fingerprint density at radius 2 is 2.00 bits per heavy atom. The van der Waals surface area contributed by atoms with Gasteiger partial charge in [0.15, 0.2) is 0 Å². The zero-order valence-electron chi connectivity index (χ0n) is 19.4. The summed E-state index contributed by atoms with van der Waals surface area (Å²) in [6, 6.07) is 13.7. The van der Waals surface area contributed by atoms with Gasteiger partial charge in [-0.3, -0.25) is 9.11 Å². The Hall–Kier alpha value is -2.13. The molecule has 33 heavy (non-hydrogen) atoms. The maximum atomic E-state index is 11.6. The molecule has 6 nitrogen and oxygen atoms in total. The first kappa shape index (κ1) is 25.5. The first-order valence-corrected chi connectivity index (χ1v) is 14.1. The Kier molecular flexibility index (Phi) is 9.14. The topological polar surface area (TPSA) is 79.2 Å². The first-order chi connectivity index (χ1) is 15.9. The molecule has 180 valence electrons. The number of nitrogens with zero attached hydrogens (tertiary/aromatic N) is 1. The molecule has 2 aromatic rings. The van der Waals surface area contributed by atoms with Crippen molar-refractivity contribution in [2.75, 3.05) is 30.1 Å². The fourth-order valence-corrected chi connectivity index (χ4v) is 6.40. The van der Waals surface area contributed by atoms with E-state index in [9.17, 15) is 13.9 Å². The average molecular weight is 492 g/mol. The van der Waals surface area contributed by atoms with Gasteiger partial charge in [-0.05, 0) is 43.7 Å². The third-order valence-electron chi connectivity index (χ3n) is 5.52. The molecule has 3 rings (SSSR count). The minimum absolute atomic E-state index is 0.147. The van der Waals surface area contributed by atoms with Crippen LogP contribution in [0.3, 0.4) is 0 Å². The summed E-state index contributed by atoms with van der Waals surface area (Å²) in [5.41, 5.74) is 1.80. The van der Waals surface area contributed by atoms with E-state index >= 15 is 0 Å². The second-order valence-corrected chi connectivity index (χ2v) is 10.9. The van der Waals surface area contributed by atoms with Gasteiger partial charge in [-0.25, -0.2) is 4.79 Å². The van der Waals surface area contributed by atoms with E-state index in [1.54, 1.807) is 13.0 Å². The molecule has 0 amide bonds. The van der Waals surface area contributed by atoms with Crippen LogP contribution in [-0.2, 0) is 9.53 Å². The molecule has 2 aromatic carbocycles. The quantitative estimate of drug-likeness (QED) is 0.170. The van der Waals surface area contributed by atoms with Crippen molar-refractivity contribution in [3.8, 4) is 5.75 Å². The highest BCUT2D eigenvalue weighted by atomic mass is 32.3. The second kappa shape index (κ2) is 11.8. The zero-order valence-corrected chi connectivity index (χ0v) is 21.0. The van der Waals surface area contributed by atoms with Crippen molar-refractivity contribution in [3.63, 3.8) is 0 Å². The van der Waals surface area contributed by atoms with Gasteiger partial charge in [-0.15, -0.1) is 11.8 Å². The monoisotopic (exact) mass is 491 g/mol. The molecule has 0 saturated carbocycles. The van der Waals surface area contributed by atoms with Crippen LogP contribution in [0.25, 0.3) is 0 Å². The number of benzene rings is 2. The molecule has 2 N–H and O–H groups in total. The number of unbranched alkanes of at least 4 members (excludes halogenated alkanes) is 1. The number of carbonyl (C=O) groups is 1. The van der Waals surface area contributed by atoms with E-state index in [1.807, 2.05) is 42.7 Å². The minimum Gasteiger partial charge on any atom is -0.463 e. The molecule has 1 aliphatic rings. The number of fused-ring (bicyclic) bond motifs is 1. The summed E-state index contributed by atoms with van der Waals surface area (Å²) in [7, 11) is -3.04. The van der Waals surface area contributed by atoms with Crippen LogP contribution in [-0.4, -0.2) is 40.2 Å². The van der Waals surface area contributed by atoms with E-state index in [0.717, 1.165) is 35.5 Å². The predicted octanol–water partition coefficient (Wildman–Crippen LogP) is 6.93. The molecule has 1 atom stereocenters. The average Bonchev–Trinajstić information content (AvgIpc) is 2.91.